The number of carbonyl (C=O) groups excluding carboxylic acids is 1. The minimum absolute atomic E-state index is 0.0802. The van der Waals surface area contributed by atoms with E-state index >= 15 is 0 Å². The number of halogens is 1. The van der Waals surface area contributed by atoms with Crippen LogP contribution in [0, 0.1) is 0 Å². The van der Waals surface area contributed by atoms with Crippen molar-refractivity contribution in [3.05, 3.63) is 47.0 Å². The lowest BCUT2D eigenvalue weighted by molar-refractivity contribution is -0.138. The van der Waals surface area contributed by atoms with Crippen molar-refractivity contribution in [2.24, 2.45) is 0 Å². The van der Waals surface area contributed by atoms with Crippen LogP contribution < -0.4 is 5.32 Å². The standard InChI is InChI=1S/C15H19BrN2O2/c1-12(16)9-17-15(19)14-11-18(7-8-20-14)10-13-5-3-2-4-6-13/h2-6,14H,1,7-11H2,(H,17,19)/t14-/m0/s1. The van der Waals surface area contributed by atoms with Crippen LogP contribution in [0.3, 0.4) is 0 Å². The van der Waals surface area contributed by atoms with Gasteiger partial charge in [-0.2, -0.15) is 0 Å². The molecule has 0 spiro atoms. The second kappa shape index (κ2) is 7.57. The van der Waals surface area contributed by atoms with Crippen molar-refractivity contribution in [2.75, 3.05) is 26.2 Å². The van der Waals surface area contributed by atoms with Crippen molar-refractivity contribution in [3.8, 4) is 0 Å². The summed E-state index contributed by atoms with van der Waals surface area (Å²) in [7, 11) is 0. The number of amides is 1. The Labute approximate surface area is 127 Å². The van der Waals surface area contributed by atoms with Crippen molar-refractivity contribution < 1.29 is 9.53 Å². The molecule has 0 aromatic heterocycles. The number of nitrogens with one attached hydrogen (secondary N) is 1. The van der Waals surface area contributed by atoms with Crippen LogP contribution in [0.1, 0.15) is 5.56 Å². The quantitative estimate of drug-likeness (QED) is 0.891. The average Bonchev–Trinajstić information content (AvgIpc) is 2.46. The smallest absolute Gasteiger partial charge is 0.250 e. The zero-order chi connectivity index (χ0) is 14.4. The van der Waals surface area contributed by atoms with E-state index in [0.29, 0.717) is 19.7 Å². The molecular weight excluding hydrogens is 320 g/mol. The first-order valence-electron chi connectivity index (χ1n) is 6.64. The van der Waals surface area contributed by atoms with Gasteiger partial charge < -0.3 is 10.1 Å². The van der Waals surface area contributed by atoms with Crippen LogP contribution in [-0.4, -0.2) is 43.2 Å². The monoisotopic (exact) mass is 338 g/mol. The Morgan fingerprint density at radius 1 is 1.45 bits per heavy atom. The molecule has 1 atom stereocenters. The molecule has 1 aromatic rings. The molecule has 108 valence electrons. The second-order valence-corrected chi connectivity index (χ2v) is 5.94. The van der Waals surface area contributed by atoms with Crippen LogP contribution in [0.5, 0.6) is 0 Å². The number of nitrogens with zero attached hydrogens (tertiary/aromatic N) is 1. The van der Waals surface area contributed by atoms with Crippen molar-refractivity contribution >= 4 is 21.8 Å². The summed E-state index contributed by atoms with van der Waals surface area (Å²) in [6.45, 7) is 7.02. The van der Waals surface area contributed by atoms with E-state index in [9.17, 15) is 4.79 Å². The molecule has 0 saturated carbocycles. The van der Waals surface area contributed by atoms with E-state index in [-0.39, 0.29) is 5.91 Å². The zero-order valence-corrected chi connectivity index (χ0v) is 12.9. The Bertz CT molecular complexity index is 464. The molecule has 1 N–H and O–H groups in total. The van der Waals surface area contributed by atoms with Crippen LogP contribution in [0.25, 0.3) is 0 Å². The molecule has 1 amide bonds. The summed E-state index contributed by atoms with van der Waals surface area (Å²) in [6, 6.07) is 10.3. The summed E-state index contributed by atoms with van der Waals surface area (Å²) in [5.74, 6) is -0.0802. The number of benzene rings is 1. The third-order valence-electron chi connectivity index (χ3n) is 3.15. The fourth-order valence-electron chi connectivity index (χ4n) is 2.14. The molecule has 0 bridgehead atoms. The molecule has 5 heteroatoms. The van der Waals surface area contributed by atoms with Crippen LogP contribution >= 0.6 is 15.9 Å². The Hall–Kier alpha value is -1.17. The van der Waals surface area contributed by atoms with Gasteiger partial charge in [0.2, 0.25) is 0 Å². The summed E-state index contributed by atoms with van der Waals surface area (Å²) in [5.41, 5.74) is 1.25. The fourth-order valence-corrected chi connectivity index (χ4v) is 2.28. The Morgan fingerprint density at radius 2 is 2.20 bits per heavy atom. The van der Waals surface area contributed by atoms with Gasteiger partial charge in [-0.05, 0) is 5.56 Å². The number of rotatable bonds is 5. The molecule has 20 heavy (non-hydrogen) atoms. The lowest BCUT2D eigenvalue weighted by Crippen LogP contribution is -2.49. The molecular formula is C15H19BrN2O2. The fraction of sp³-hybridized carbons (Fsp3) is 0.400. The van der Waals surface area contributed by atoms with Gasteiger partial charge in [-0.3, -0.25) is 9.69 Å². The molecule has 0 aliphatic carbocycles. The van der Waals surface area contributed by atoms with Crippen molar-refractivity contribution in [1.29, 1.82) is 0 Å². The minimum Gasteiger partial charge on any atom is -0.366 e. The lowest BCUT2D eigenvalue weighted by Gasteiger charge is -2.32. The maximum absolute atomic E-state index is 12.0. The van der Waals surface area contributed by atoms with Gasteiger partial charge in [-0.25, -0.2) is 0 Å². The van der Waals surface area contributed by atoms with Gasteiger partial charge in [0.15, 0.2) is 0 Å². The average molecular weight is 339 g/mol. The highest BCUT2D eigenvalue weighted by molar-refractivity contribution is 9.11. The van der Waals surface area contributed by atoms with E-state index in [4.69, 9.17) is 4.74 Å². The number of ether oxygens (including phenoxy) is 1. The van der Waals surface area contributed by atoms with Gasteiger partial charge in [-0.15, -0.1) is 0 Å². The SMILES string of the molecule is C=C(Br)CNC(=O)[C@@H]1CN(Cc2ccccc2)CCO1. The van der Waals surface area contributed by atoms with Crippen LogP contribution in [0.4, 0.5) is 0 Å². The van der Waals surface area contributed by atoms with Crippen molar-refractivity contribution in [3.63, 3.8) is 0 Å². The molecule has 2 rings (SSSR count). The zero-order valence-electron chi connectivity index (χ0n) is 11.3. The minimum atomic E-state index is -0.403. The van der Waals surface area contributed by atoms with Gasteiger partial charge in [-0.1, -0.05) is 52.8 Å². The first-order chi connectivity index (χ1) is 9.65. The van der Waals surface area contributed by atoms with Gasteiger partial charge in [0.25, 0.3) is 5.91 Å². The molecule has 1 aliphatic heterocycles. The molecule has 1 heterocycles. The first-order valence-corrected chi connectivity index (χ1v) is 7.43. The van der Waals surface area contributed by atoms with Crippen LogP contribution in [0.2, 0.25) is 0 Å². The van der Waals surface area contributed by atoms with Crippen molar-refractivity contribution in [1.82, 2.24) is 10.2 Å². The highest BCUT2D eigenvalue weighted by Gasteiger charge is 2.26. The largest absolute Gasteiger partial charge is 0.366 e. The number of hydrogen-bond donors (Lipinski definition) is 1. The summed E-state index contributed by atoms with van der Waals surface area (Å²) >= 11 is 3.22. The Balaban J connectivity index is 1.85. The normalized spacial score (nSPS) is 19.6. The van der Waals surface area contributed by atoms with Crippen LogP contribution in [0.15, 0.2) is 41.4 Å². The van der Waals surface area contributed by atoms with E-state index in [2.05, 4.69) is 44.9 Å². The van der Waals surface area contributed by atoms with E-state index in [1.807, 2.05) is 18.2 Å². The molecule has 4 nitrogen and oxygen atoms in total. The number of hydrogen-bond acceptors (Lipinski definition) is 3. The van der Waals surface area contributed by atoms with Crippen molar-refractivity contribution in [2.45, 2.75) is 12.6 Å². The maximum Gasteiger partial charge on any atom is 0.250 e. The number of carbonyl (C=O) groups is 1. The molecule has 0 radical (unpaired) electrons. The number of morpholine rings is 1. The van der Waals surface area contributed by atoms with Gasteiger partial charge >= 0.3 is 0 Å². The van der Waals surface area contributed by atoms with E-state index in [0.717, 1.165) is 17.6 Å². The second-order valence-electron chi connectivity index (χ2n) is 4.82. The highest BCUT2D eigenvalue weighted by atomic mass is 79.9. The predicted molar refractivity (Wildman–Crippen MR) is 82.5 cm³/mol. The summed E-state index contributed by atoms with van der Waals surface area (Å²) in [6.07, 6.45) is -0.403. The van der Waals surface area contributed by atoms with E-state index in [1.54, 1.807) is 0 Å². The molecule has 1 aromatic carbocycles. The molecule has 1 aliphatic rings. The summed E-state index contributed by atoms with van der Waals surface area (Å²) in [4.78, 5) is 14.2. The highest BCUT2D eigenvalue weighted by Crippen LogP contribution is 2.10. The third-order valence-corrected chi connectivity index (χ3v) is 3.43. The molecule has 1 saturated heterocycles. The molecule has 1 fully saturated rings. The first kappa shape index (κ1) is 15.2. The van der Waals surface area contributed by atoms with Gasteiger partial charge in [0.05, 0.1) is 6.61 Å². The summed E-state index contributed by atoms with van der Waals surface area (Å²) in [5, 5.41) is 2.80. The van der Waals surface area contributed by atoms with E-state index < -0.39 is 6.10 Å². The van der Waals surface area contributed by atoms with Gasteiger partial charge in [0, 0.05) is 30.7 Å². The van der Waals surface area contributed by atoms with Gasteiger partial charge in [0.1, 0.15) is 6.10 Å². The van der Waals surface area contributed by atoms with Crippen LogP contribution in [-0.2, 0) is 16.1 Å². The maximum atomic E-state index is 12.0. The Kier molecular flexibility index (Phi) is 5.76. The molecule has 0 unspecified atom stereocenters. The summed E-state index contributed by atoms with van der Waals surface area (Å²) < 4.78 is 6.29. The topological polar surface area (TPSA) is 41.6 Å². The lowest BCUT2D eigenvalue weighted by atomic mass is 10.2. The predicted octanol–water partition coefficient (Wildman–Crippen LogP) is 1.91. The third kappa shape index (κ3) is 4.74. The van der Waals surface area contributed by atoms with E-state index in [1.165, 1.54) is 5.56 Å². The Morgan fingerprint density at radius 3 is 2.90 bits per heavy atom.